The molecule has 1 amide bonds. The minimum atomic E-state index is -0.999. The number of aromatic carboxylic acids is 1. The number of anilines is 2. The van der Waals surface area contributed by atoms with Crippen molar-refractivity contribution in [2.24, 2.45) is 0 Å². The van der Waals surface area contributed by atoms with E-state index in [1.807, 2.05) is 6.92 Å². The second kappa shape index (κ2) is 7.33. The summed E-state index contributed by atoms with van der Waals surface area (Å²) < 4.78 is 4.71. The lowest BCUT2D eigenvalue weighted by Crippen LogP contribution is -2.10. The van der Waals surface area contributed by atoms with Crippen molar-refractivity contribution in [3.63, 3.8) is 0 Å². The molecule has 1 aliphatic heterocycles. The van der Waals surface area contributed by atoms with Crippen LogP contribution in [0.15, 0.2) is 48.2 Å². The number of hydrogen-bond acceptors (Lipinski definition) is 5. The van der Waals surface area contributed by atoms with Crippen LogP contribution in [-0.4, -0.2) is 30.1 Å². The third-order valence-corrected chi connectivity index (χ3v) is 4.27. The number of methoxy groups -OCH3 is 1. The predicted octanol–water partition coefficient (Wildman–Crippen LogP) is 3.36. The van der Waals surface area contributed by atoms with Crippen LogP contribution in [0.2, 0.25) is 0 Å². The van der Waals surface area contributed by atoms with Crippen LogP contribution in [0.1, 0.15) is 39.6 Å². The number of nitrogens with one attached hydrogen (secondary N) is 2. The highest BCUT2D eigenvalue weighted by molar-refractivity contribution is 6.32. The zero-order valence-electron chi connectivity index (χ0n) is 14.8. The number of carboxylic acid groups (broad SMARTS) is 1. The van der Waals surface area contributed by atoms with E-state index < -0.39 is 11.9 Å². The molecule has 3 N–H and O–H groups in total. The fourth-order valence-electron chi connectivity index (χ4n) is 2.92. The smallest absolute Gasteiger partial charge is 0.337 e. The summed E-state index contributed by atoms with van der Waals surface area (Å²) in [6.45, 7) is 1.91. The van der Waals surface area contributed by atoms with Gasteiger partial charge < -0.3 is 20.5 Å². The van der Waals surface area contributed by atoms with E-state index in [-0.39, 0.29) is 11.5 Å². The summed E-state index contributed by atoms with van der Waals surface area (Å²) in [6, 6.07) is 11.2. The van der Waals surface area contributed by atoms with Crippen molar-refractivity contribution in [2.45, 2.75) is 13.3 Å². The van der Waals surface area contributed by atoms with Gasteiger partial charge in [-0.1, -0.05) is 13.0 Å². The van der Waals surface area contributed by atoms with Crippen molar-refractivity contribution in [3.05, 3.63) is 64.9 Å². The Bertz CT molecular complexity index is 961. The molecule has 0 spiro atoms. The van der Waals surface area contributed by atoms with E-state index in [0.717, 1.165) is 0 Å². The first kappa shape index (κ1) is 18.2. The Morgan fingerprint density at radius 1 is 1.11 bits per heavy atom. The second-order valence-electron chi connectivity index (χ2n) is 5.92. The van der Waals surface area contributed by atoms with E-state index in [4.69, 9.17) is 9.84 Å². The van der Waals surface area contributed by atoms with Crippen LogP contribution in [-0.2, 0) is 9.53 Å². The highest BCUT2D eigenvalue weighted by Gasteiger charge is 2.28. The van der Waals surface area contributed by atoms with Crippen LogP contribution in [0.5, 0.6) is 0 Å². The van der Waals surface area contributed by atoms with Crippen molar-refractivity contribution >= 4 is 34.8 Å². The van der Waals surface area contributed by atoms with Crippen LogP contribution in [0.4, 0.5) is 11.4 Å². The second-order valence-corrected chi connectivity index (χ2v) is 5.92. The van der Waals surface area contributed by atoms with Gasteiger partial charge in [-0.25, -0.2) is 9.59 Å². The van der Waals surface area contributed by atoms with Gasteiger partial charge in [-0.2, -0.15) is 0 Å². The largest absolute Gasteiger partial charge is 0.478 e. The number of carbonyl (C=O) groups is 3. The monoisotopic (exact) mass is 366 g/mol. The third kappa shape index (κ3) is 3.52. The molecule has 0 radical (unpaired) electrons. The number of rotatable bonds is 5. The third-order valence-electron chi connectivity index (χ3n) is 4.27. The number of ether oxygens (including phenoxy) is 1. The first-order chi connectivity index (χ1) is 12.9. The van der Waals surface area contributed by atoms with E-state index in [0.29, 0.717) is 40.2 Å². The molecule has 7 heteroatoms. The Balaban J connectivity index is 1.97. The summed E-state index contributed by atoms with van der Waals surface area (Å²) in [7, 11) is 1.30. The summed E-state index contributed by atoms with van der Waals surface area (Å²) >= 11 is 0. The lowest BCUT2D eigenvalue weighted by molar-refractivity contribution is -0.110. The van der Waals surface area contributed by atoms with Crippen LogP contribution >= 0.6 is 0 Å². The number of carbonyl (C=O) groups excluding carboxylic acids is 2. The molecule has 0 unspecified atom stereocenters. The molecule has 1 aliphatic rings. The molecule has 3 rings (SSSR count). The molecule has 0 saturated heterocycles. The fourth-order valence-corrected chi connectivity index (χ4v) is 2.92. The SMILES string of the molecule is CC/C(Nc1ccc(C(=O)O)cc1)=C1\C(=O)Nc2cc(C(=O)OC)ccc21. The van der Waals surface area contributed by atoms with Gasteiger partial charge in [0.15, 0.2) is 0 Å². The minimum absolute atomic E-state index is 0.186. The molecule has 1 heterocycles. The van der Waals surface area contributed by atoms with Crippen molar-refractivity contribution in [1.29, 1.82) is 0 Å². The van der Waals surface area contributed by atoms with Gasteiger partial charge >= 0.3 is 11.9 Å². The van der Waals surface area contributed by atoms with E-state index in [9.17, 15) is 14.4 Å². The van der Waals surface area contributed by atoms with Gasteiger partial charge in [0, 0.05) is 16.9 Å². The topological polar surface area (TPSA) is 105 Å². The molecule has 0 atom stereocenters. The molecule has 2 aromatic carbocycles. The van der Waals surface area contributed by atoms with Crippen molar-refractivity contribution in [3.8, 4) is 0 Å². The normalized spacial score (nSPS) is 14.2. The fraction of sp³-hybridized carbons (Fsp3) is 0.150. The summed E-state index contributed by atoms with van der Waals surface area (Å²) in [5.41, 5.74) is 3.65. The van der Waals surface area contributed by atoms with E-state index in [1.165, 1.54) is 19.2 Å². The maximum atomic E-state index is 12.5. The zero-order chi connectivity index (χ0) is 19.6. The van der Waals surface area contributed by atoms with E-state index in [1.54, 1.807) is 30.3 Å². The number of fused-ring (bicyclic) bond motifs is 1. The molecular formula is C20H18N2O5. The van der Waals surface area contributed by atoms with Gasteiger partial charge in [0.1, 0.15) is 0 Å². The Morgan fingerprint density at radius 2 is 1.78 bits per heavy atom. The molecule has 0 bridgehead atoms. The summed E-state index contributed by atoms with van der Waals surface area (Å²) in [6.07, 6.45) is 0.557. The molecule has 27 heavy (non-hydrogen) atoms. The molecule has 0 fully saturated rings. The highest BCUT2D eigenvalue weighted by Crippen LogP contribution is 2.35. The number of carboxylic acids is 1. The quantitative estimate of drug-likeness (QED) is 0.554. The number of esters is 1. The van der Waals surface area contributed by atoms with Crippen molar-refractivity contribution in [1.82, 2.24) is 0 Å². The number of amides is 1. The van der Waals surface area contributed by atoms with E-state index in [2.05, 4.69) is 10.6 Å². The summed E-state index contributed by atoms with van der Waals surface area (Å²) in [4.78, 5) is 35.2. The molecule has 138 valence electrons. The average Bonchev–Trinajstić information content (AvgIpc) is 3.00. The summed E-state index contributed by atoms with van der Waals surface area (Å²) in [5, 5.41) is 14.9. The Hall–Kier alpha value is -3.61. The first-order valence-electron chi connectivity index (χ1n) is 8.32. The number of hydrogen-bond donors (Lipinski definition) is 3. The van der Waals surface area contributed by atoms with Gasteiger partial charge in [0.05, 0.1) is 29.5 Å². The summed E-state index contributed by atoms with van der Waals surface area (Å²) in [5.74, 6) is -1.74. The van der Waals surface area contributed by atoms with Gasteiger partial charge in [-0.05, 0) is 42.8 Å². The molecule has 2 aromatic rings. The maximum absolute atomic E-state index is 12.5. The molecule has 0 aromatic heterocycles. The Kier molecular flexibility index (Phi) is 4.94. The number of allylic oxidation sites excluding steroid dienone is 1. The van der Waals surface area contributed by atoms with Gasteiger partial charge in [0.25, 0.3) is 5.91 Å². The van der Waals surface area contributed by atoms with Crippen molar-refractivity contribution in [2.75, 3.05) is 17.7 Å². The Labute approximate surface area is 155 Å². The van der Waals surface area contributed by atoms with Gasteiger partial charge in [0.2, 0.25) is 0 Å². The highest BCUT2D eigenvalue weighted by atomic mass is 16.5. The van der Waals surface area contributed by atoms with Crippen LogP contribution in [0.3, 0.4) is 0 Å². The van der Waals surface area contributed by atoms with Crippen LogP contribution in [0.25, 0.3) is 5.57 Å². The number of benzene rings is 2. The molecule has 0 saturated carbocycles. The lowest BCUT2D eigenvalue weighted by atomic mass is 10.0. The van der Waals surface area contributed by atoms with Crippen molar-refractivity contribution < 1.29 is 24.2 Å². The predicted molar refractivity (Wildman–Crippen MR) is 101 cm³/mol. The first-order valence-corrected chi connectivity index (χ1v) is 8.32. The lowest BCUT2D eigenvalue weighted by Gasteiger charge is -2.12. The minimum Gasteiger partial charge on any atom is -0.478 e. The standard InChI is InChI=1S/C20H18N2O5/c1-3-15(21-13-7-4-11(5-8-13)19(24)25)17-14-9-6-12(20(26)27-2)10-16(14)22-18(17)23/h4-10,21H,3H2,1-2H3,(H,22,23)(H,24,25)/b17-15+. The van der Waals surface area contributed by atoms with Crippen LogP contribution in [0, 0.1) is 0 Å². The van der Waals surface area contributed by atoms with E-state index >= 15 is 0 Å². The van der Waals surface area contributed by atoms with Gasteiger partial charge in [-0.3, -0.25) is 4.79 Å². The molecular weight excluding hydrogens is 348 g/mol. The Morgan fingerprint density at radius 3 is 2.37 bits per heavy atom. The maximum Gasteiger partial charge on any atom is 0.337 e. The average molecular weight is 366 g/mol. The molecule has 7 nitrogen and oxygen atoms in total. The van der Waals surface area contributed by atoms with Crippen LogP contribution < -0.4 is 10.6 Å². The zero-order valence-corrected chi connectivity index (χ0v) is 14.8. The molecule has 0 aliphatic carbocycles. The van der Waals surface area contributed by atoms with Gasteiger partial charge in [-0.15, -0.1) is 0 Å².